The number of hydrogen-bond donors (Lipinski definition) is 2. The summed E-state index contributed by atoms with van der Waals surface area (Å²) in [5.41, 5.74) is -0.376. The van der Waals surface area contributed by atoms with Crippen molar-refractivity contribution in [2.75, 3.05) is 18.4 Å². The van der Waals surface area contributed by atoms with E-state index in [1.54, 1.807) is 17.0 Å². The topological polar surface area (TPSA) is 95.4 Å². The van der Waals surface area contributed by atoms with E-state index in [4.69, 9.17) is 0 Å². The number of carboxylic acids is 1. The summed E-state index contributed by atoms with van der Waals surface area (Å²) in [5, 5.41) is 18.8. The first-order chi connectivity index (χ1) is 14.2. The molecule has 30 heavy (non-hydrogen) atoms. The van der Waals surface area contributed by atoms with Gasteiger partial charge in [-0.2, -0.15) is 23.4 Å². The van der Waals surface area contributed by atoms with E-state index in [0.717, 1.165) is 12.3 Å². The van der Waals surface area contributed by atoms with Gasteiger partial charge in [0.05, 0.1) is 23.6 Å². The van der Waals surface area contributed by atoms with Crippen LogP contribution in [0.4, 0.5) is 23.7 Å². The number of halogens is 3. The van der Waals surface area contributed by atoms with E-state index < -0.39 is 23.7 Å². The first-order valence-corrected chi connectivity index (χ1v) is 9.50. The molecule has 1 saturated carbocycles. The average Bonchev–Trinajstić information content (AvgIpc) is 3.27. The summed E-state index contributed by atoms with van der Waals surface area (Å²) in [4.78, 5) is 25.4. The summed E-state index contributed by atoms with van der Waals surface area (Å²) in [7, 11) is 0. The first-order valence-electron chi connectivity index (χ1n) is 9.50. The molecule has 1 aromatic heterocycles. The lowest BCUT2D eigenvalue weighted by molar-refractivity contribution is -0.138. The molecular weight excluding hydrogens is 401 g/mol. The fraction of sp³-hybridized carbons (Fsp3) is 0.400. The van der Waals surface area contributed by atoms with Gasteiger partial charge in [0.25, 0.3) is 0 Å². The van der Waals surface area contributed by atoms with Crippen LogP contribution in [0.5, 0.6) is 0 Å². The van der Waals surface area contributed by atoms with Gasteiger partial charge in [-0.05, 0) is 42.2 Å². The van der Waals surface area contributed by atoms with Crippen molar-refractivity contribution in [2.24, 2.45) is 11.8 Å². The number of urea groups is 1. The molecule has 2 aliphatic rings. The number of nitrogens with one attached hydrogen (secondary N) is 1. The molecule has 158 valence electrons. The van der Waals surface area contributed by atoms with Gasteiger partial charge in [0.1, 0.15) is 5.56 Å². The molecule has 2 N–H and O–H groups in total. The van der Waals surface area contributed by atoms with Crippen LogP contribution in [0.2, 0.25) is 0 Å². The Hall–Kier alpha value is -3.17. The minimum Gasteiger partial charge on any atom is -0.478 e. The number of carbonyl (C=O) groups is 2. The molecule has 2 fully saturated rings. The number of likely N-dealkylation sites (tertiary alicyclic amines) is 1. The molecule has 1 aliphatic heterocycles. The number of benzene rings is 1. The van der Waals surface area contributed by atoms with Gasteiger partial charge in [0.15, 0.2) is 0 Å². The number of aromatic nitrogens is 2. The Labute approximate surface area is 169 Å². The Kier molecular flexibility index (Phi) is 5.08. The Balaban J connectivity index is 1.42. The van der Waals surface area contributed by atoms with Crippen molar-refractivity contribution >= 4 is 17.7 Å². The number of anilines is 1. The van der Waals surface area contributed by atoms with E-state index in [2.05, 4.69) is 15.5 Å². The lowest BCUT2D eigenvalue weighted by Crippen LogP contribution is -2.34. The van der Waals surface area contributed by atoms with Gasteiger partial charge in [-0.15, -0.1) is 0 Å². The number of hydrogen-bond acceptors (Lipinski definition) is 4. The molecule has 1 aliphatic carbocycles. The highest BCUT2D eigenvalue weighted by atomic mass is 19.4. The van der Waals surface area contributed by atoms with E-state index in [9.17, 15) is 27.9 Å². The lowest BCUT2D eigenvalue weighted by Gasteiger charge is -2.22. The third-order valence-corrected chi connectivity index (χ3v) is 5.95. The zero-order chi connectivity index (χ0) is 21.5. The molecule has 1 unspecified atom stereocenters. The van der Waals surface area contributed by atoms with Crippen molar-refractivity contribution < 1.29 is 27.9 Å². The number of amides is 2. The van der Waals surface area contributed by atoms with Crippen LogP contribution in [0.3, 0.4) is 0 Å². The second-order valence-corrected chi connectivity index (χ2v) is 7.73. The zero-order valence-corrected chi connectivity index (χ0v) is 15.8. The fourth-order valence-electron chi connectivity index (χ4n) is 4.62. The molecule has 7 nitrogen and oxygen atoms in total. The van der Waals surface area contributed by atoms with Crippen molar-refractivity contribution in [1.29, 1.82) is 0 Å². The minimum atomic E-state index is -4.39. The Bertz CT molecular complexity index is 968. The van der Waals surface area contributed by atoms with Crippen LogP contribution in [0, 0.1) is 11.8 Å². The summed E-state index contributed by atoms with van der Waals surface area (Å²) >= 11 is 0. The number of rotatable bonds is 3. The van der Waals surface area contributed by atoms with Gasteiger partial charge in [-0.1, -0.05) is 18.2 Å². The second-order valence-electron chi connectivity index (χ2n) is 7.73. The number of alkyl halides is 3. The molecule has 0 bridgehead atoms. The van der Waals surface area contributed by atoms with Crippen LogP contribution in [0.25, 0.3) is 0 Å². The smallest absolute Gasteiger partial charge is 0.416 e. The van der Waals surface area contributed by atoms with Crippen LogP contribution in [0.1, 0.15) is 40.2 Å². The van der Waals surface area contributed by atoms with Crippen LogP contribution in [0.15, 0.2) is 36.7 Å². The van der Waals surface area contributed by atoms with E-state index >= 15 is 0 Å². The SMILES string of the molecule is O=C(O)c1cnncc1NC(=O)N1C[C@H]2CC(c3ccccc3C(F)(F)F)C[C@H]2C1. The summed E-state index contributed by atoms with van der Waals surface area (Å²) in [6.45, 7) is 0.838. The zero-order valence-electron chi connectivity index (χ0n) is 15.8. The molecule has 2 amide bonds. The number of aromatic carboxylic acids is 1. The van der Waals surface area contributed by atoms with Crippen LogP contribution in [-0.2, 0) is 6.18 Å². The normalized spacial score (nSPS) is 23.3. The molecule has 0 spiro atoms. The fourth-order valence-corrected chi connectivity index (χ4v) is 4.62. The van der Waals surface area contributed by atoms with Gasteiger partial charge in [-0.3, -0.25) is 0 Å². The van der Waals surface area contributed by atoms with Crippen molar-refractivity contribution in [3.8, 4) is 0 Å². The lowest BCUT2D eigenvalue weighted by atomic mass is 9.91. The number of carbonyl (C=O) groups excluding carboxylic acids is 1. The monoisotopic (exact) mass is 420 g/mol. The molecule has 4 rings (SSSR count). The second kappa shape index (κ2) is 7.58. The van der Waals surface area contributed by atoms with Gasteiger partial charge >= 0.3 is 18.2 Å². The minimum absolute atomic E-state index is 0.0524. The summed E-state index contributed by atoms with van der Waals surface area (Å²) < 4.78 is 40.0. The maximum Gasteiger partial charge on any atom is 0.416 e. The predicted molar refractivity (Wildman–Crippen MR) is 100.0 cm³/mol. The maximum atomic E-state index is 13.3. The largest absolute Gasteiger partial charge is 0.478 e. The third-order valence-electron chi connectivity index (χ3n) is 5.95. The molecule has 2 heterocycles. The van der Waals surface area contributed by atoms with Crippen LogP contribution < -0.4 is 5.32 Å². The molecule has 3 atom stereocenters. The van der Waals surface area contributed by atoms with Crippen molar-refractivity contribution in [2.45, 2.75) is 24.9 Å². The predicted octanol–water partition coefficient (Wildman–Crippen LogP) is 3.85. The molecule has 1 saturated heterocycles. The number of fused-ring (bicyclic) bond motifs is 1. The van der Waals surface area contributed by atoms with E-state index in [0.29, 0.717) is 31.5 Å². The van der Waals surface area contributed by atoms with Crippen molar-refractivity contribution in [3.63, 3.8) is 0 Å². The Morgan fingerprint density at radius 1 is 1.07 bits per heavy atom. The summed E-state index contributed by atoms with van der Waals surface area (Å²) in [6.07, 6.45) is -1.00. The average molecular weight is 420 g/mol. The summed E-state index contributed by atoms with van der Waals surface area (Å²) in [5.74, 6) is -1.20. The highest BCUT2D eigenvalue weighted by Gasteiger charge is 2.45. The van der Waals surface area contributed by atoms with E-state index in [-0.39, 0.29) is 29.0 Å². The van der Waals surface area contributed by atoms with Gasteiger partial charge in [-0.25, -0.2) is 9.59 Å². The van der Waals surface area contributed by atoms with E-state index in [1.165, 1.54) is 12.3 Å². The Morgan fingerprint density at radius 3 is 2.33 bits per heavy atom. The first kappa shape index (κ1) is 20.1. The van der Waals surface area contributed by atoms with Crippen molar-refractivity contribution in [3.05, 3.63) is 53.3 Å². The quantitative estimate of drug-likeness (QED) is 0.787. The summed E-state index contributed by atoms with van der Waals surface area (Å²) in [6, 6.07) is 5.23. The van der Waals surface area contributed by atoms with Crippen LogP contribution >= 0.6 is 0 Å². The number of nitrogens with zero attached hydrogens (tertiary/aromatic N) is 3. The molecule has 0 radical (unpaired) electrons. The molecule has 10 heteroatoms. The van der Waals surface area contributed by atoms with Crippen molar-refractivity contribution in [1.82, 2.24) is 15.1 Å². The van der Waals surface area contributed by atoms with Gasteiger partial charge < -0.3 is 15.3 Å². The third kappa shape index (κ3) is 3.81. The van der Waals surface area contributed by atoms with E-state index in [1.807, 2.05) is 0 Å². The molecular formula is C20H19F3N4O3. The molecule has 1 aromatic carbocycles. The standard InChI is InChI=1S/C20H19F3N4O3/c21-20(22,23)16-4-2-1-3-14(16)11-5-12-9-27(10-13(12)6-11)19(30)26-17-8-25-24-7-15(17)18(28)29/h1-4,7-8,11-13H,5-6,9-10H2,(H,28,29)(H,24,26,30)/t11?,12-,13+. The van der Waals surface area contributed by atoms with Crippen LogP contribution in [-0.4, -0.2) is 45.3 Å². The van der Waals surface area contributed by atoms with Gasteiger partial charge in [0.2, 0.25) is 0 Å². The highest BCUT2D eigenvalue weighted by Crippen LogP contribution is 2.48. The Morgan fingerprint density at radius 2 is 1.70 bits per heavy atom. The molecule has 2 aromatic rings. The van der Waals surface area contributed by atoms with Gasteiger partial charge in [0, 0.05) is 13.1 Å². The number of carboxylic acid groups (broad SMARTS) is 1. The maximum absolute atomic E-state index is 13.3. The highest BCUT2D eigenvalue weighted by molar-refractivity contribution is 5.99.